The minimum atomic E-state index is -0.183. The summed E-state index contributed by atoms with van der Waals surface area (Å²) in [5.41, 5.74) is 2.79. The highest BCUT2D eigenvalue weighted by Crippen LogP contribution is 2.39. The van der Waals surface area contributed by atoms with E-state index in [1.54, 1.807) is 30.3 Å². The molecule has 2 aromatic rings. The number of fused-ring (bicyclic) bond motifs is 1. The summed E-state index contributed by atoms with van der Waals surface area (Å²) in [4.78, 5) is 12.3. The van der Waals surface area contributed by atoms with Crippen molar-refractivity contribution in [2.24, 2.45) is 0 Å². The minimum Gasteiger partial charge on any atom is -0.491 e. The molecule has 0 fully saturated rings. The first-order valence-electron chi connectivity index (χ1n) is 7.36. The lowest BCUT2D eigenvalue weighted by Gasteiger charge is -2.12. The smallest absolute Gasteiger partial charge is 0.256 e. The number of carbonyl (C=O) groups is 1. The first-order valence-corrected chi connectivity index (χ1v) is 8.12. The quantitative estimate of drug-likeness (QED) is 0.786. The van der Waals surface area contributed by atoms with Gasteiger partial charge in [0.05, 0.1) is 24.4 Å². The van der Waals surface area contributed by atoms with Gasteiger partial charge in [0.25, 0.3) is 5.91 Å². The Morgan fingerprint density at radius 3 is 2.71 bits per heavy atom. The van der Waals surface area contributed by atoms with Crippen molar-refractivity contribution < 1.29 is 14.3 Å². The highest BCUT2D eigenvalue weighted by atomic mass is 35.5. The predicted molar refractivity (Wildman–Crippen MR) is 97.1 cm³/mol. The van der Waals surface area contributed by atoms with E-state index in [9.17, 15) is 4.79 Å². The third-order valence-electron chi connectivity index (χ3n) is 3.61. The van der Waals surface area contributed by atoms with Gasteiger partial charge in [-0.3, -0.25) is 4.79 Å². The Morgan fingerprint density at radius 2 is 2.00 bits per heavy atom. The molecule has 0 spiro atoms. The highest BCUT2D eigenvalue weighted by Gasteiger charge is 2.24. The van der Waals surface area contributed by atoms with Crippen molar-refractivity contribution in [2.75, 3.05) is 19.0 Å². The van der Waals surface area contributed by atoms with E-state index in [4.69, 9.17) is 32.7 Å². The molecule has 0 aliphatic carbocycles. The van der Waals surface area contributed by atoms with Gasteiger partial charge < -0.3 is 14.8 Å². The van der Waals surface area contributed by atoms with Crippen LogP contribution in [0.15, 0.2) is 30.3 Å². The zero-order valence-corrected chi connectivity index (χ0v) is 14.7. The summed E-state index contributed by atoms with van der Waals surface area (Å²) in [5.74, 6) is 0.829. The van der Waals surface area contributed by atoms with Crippen molar-refractivity contribution in [3.8, 4) is 11.5 Å². The molecule has 0 atom stereocenters. The molecule has 1 heterocycles. The molecule has 1 aliphatic rings. The normalized spacial score (nSPS) is 14.5. The monoisotopic (exact) mass is 363 g/mol. The van der Waals surface area contributed by atoms with Crippen molar-refractivity contribution in [2.45, 2.75) is 6.92 Å². The SMILES string of the molecule is CCOc1cc(C=C2C(=O)Nc3cc(Cl)ccc32)cc(Cl)c1OC. The number of ether oxygens (including phenoxy) is 2. The second kappa shape index (κ2) is 6.75. The van der Waals surface area contributed by atoms with E-state index < -0.39 is 0 Å². The molecule has 0 saturated heterocycles. The van der Waals surface area contributed by atoms with Gasteiger partial charge in [0.2, 0.25) is 0 Å². The highest BCUT2D eigenvalue weighted by molar-refractivity contribution is 6.37. The first kappa shape index (κ1) is 16.7. The first-order chi connectivity index (χ1) is 11.5. The maximum Gasteiger partial charge on any atom is 0.256 e. The molecule has 124 valence electrons. The summed E-state index contributed by atoms with van der Waals surface area (Å²) in [7, 11) is 1.53. The largest absolute Gasteiger partial charge is 0.491 e. The number of nitrogens with one attached hydrogen (secondary N) is 1. The lowest BCUT2D eigenvalue weighted by molar-refractivity contribution is -0.110. The molecule has 1 aliphatic heterocycles. The molecule has 0 bridgehead atoms. The van der Waals surface area contributed by atoms with Crippen LogP contribution in [-0.2, 0) is 4.79 Å². The van der Waals surface area contributed by atoms with E-state index in [2.05, 4.69) is 5.32 Å². The molecule has 3 rings (SSSR count). The predicted octanol–water partition coefficient (Wildman–Crippen LogP) is 4.89. The zero-order valence-electron chi connectivity index (χ0n) is 13.2. The summed E-state index contributed by atoms with van der Waals surface area (Å²) < 4.78 is 10.8. The number of anilines is 1. The molecule has 0 aromatic heterocycles. The van der Waals surface area contributed by atoms with Gasteiger partial charge in [-0.25, -0.2) is 0 Å². The number of halogens is 2. The van der Waals surface area contributed by atoms with Crippen LogP contribution in [0.3, 0.4) is 0 Å². The lowest BCUT2D eigenvalue weighted by Crippen LogP contribution is -2.03. The van der Waals surface area contributed by atoms with Gasteiger partial charge in [0.1, 0.15) is 0 Å². The van der Waals surface area contributed by atoms with Gasteiger partial charge in [-0.2, -0.15) is 0 Å². The molecule has 24 heavy (non-hydrogen) atoms. The van der Waals surface area contributed by atoms with E-state index >= 15 is 0 Å². The van der Waals surface area contributed by atoms with Crippen LogP contribution in [0, 0.1) is 0 Å². The molecular formula is C18H15Cl2NO3. The van der Waals surface area contributed by atoms with Crippen LogP contribution in [0.5, 0.6) is 11.5 Å². The Morgan fingerprint density at radius 1 is 1.21 bits per heavy atom. The summed E-state index contributed by atoms with van der Waals surface area (Å²) in [5, 5.41) is 3.80. The van der Waals surface area contributed by atoms with E-state index in [-0.39, 0.29) is 5.91 Å². The van der Waals surface area contributed by atoms with E-state index in [0.29, 0.717) is 39.4 Å². The van der Waals surface area contributed by atoms with Crippen molar-refractivity contribution in [1.29, 1.82) is 0 Å². The number of methoxy groups -OCH3 is 1. The van der Waals surface area contributed by atoms with E-state index in [0.717, 1.165) is 11.1 Å². The van der Waals surface area contributed by atoms with Crippen molar-refractivity contribution >= 4 is 46.4 Å². The maximum absolute atomic E-state index is 12.3. The van der Waals surface area contributed by atoms with Crippen molar-refractivity contribution in [1.82, 2.24) is 0 Å². The number of hydrogen-bond donors (Lipinski definition) is 1. The Hall–Kier alpha value is -2.17. The van der Waals surface area contributed by atoms with Crippen molar-refractivity contribution in [3.63, 3.8) is 0 Å². The fourth-order valence-electron chi connectivity index (χ4n) is 2.61. The Kier molecular flexibility index (Phi) is 4.69. The Labute approximate surface area is 150 Å². The third-order valence-corrected chi connectivity index (χ3v) is 4.13. The summed E-state index contributed by atoms with van der Waals surface area (Å²) in [6.07, 6.45) is 1.77. The van der Waals surface area contributed by atoms with E-state index in [1.165, 1.54) is 7.11 Å². The van der Waals surface area contributed by atoms with Gasteiger partial charge in [0, 0.05) is 16.2 Å². The number of amides is 1. The maximum atomic E-state index is 12.3. The molecule has 2 aromatic carbocycles. The fourth-order valence-corrected chi connectivity index (χ4v) is 3.08. The average molecular weight is 364 g/mol. The second-order valence-corrected chi connectivity index (χ2v) is 6.01. The number of carbonyl (C=O) groups excluding carboxylic acids is 1. The minimum absolute atomic E-state index is 0.183. The van der Waals surface area contributed by atoms with Crippen LogP contribution >= 0.6 is 23.2 Å². The number of hydrogen-bond acceptors (Lipinski definition) is 3. The molecular weight excluding hydrogens is 349 g/mol. The topological polar surface area (TPSA) is 47.6 Å². The number of rotatable bonds is 4. The molecule has 0 saturated carbocycles. The lowest BCUT2D eigenvalue weighted by atomic mass is 10.0. The third kappa shape index (κ3) is 3.07. The van der Waals surface area contributed by atoms with Crippen LogP contribution in [0.1, 0.15) is 18.1 Å². The van der Waals surface area contributed by atoms with E-state index in [1.807, 2.05) is 13.0 Å². The molecule has 1 amide bonds. The van der Waals surface area contributed by atoms with Gasteiger partial charge in [0.15, 0.2) is 11.5 Å². The fraction of sp³-hybridized carbons (Fsp3) is 0.167. The Bertz CT molecular complexity index is 846. The van der Waals surface area contributed by atoms with Crippen molar-refractivity contribution in [3.05, 3.63) is 51.5 Å². The van der Waals surface area contributed by atoms with Gasteiger partial charge in [-0.05, 0) is 42.8 Å². The van der Waals surface area contributed by atoms with Gasteiger partial charge in [-0.15, -0.1) is 0 Å². The van der Waals surface area contributed by atoms with Crippen LogP contribution in [0.25, 0.3) is 11.6 Å². The van der Waals surface area contributed by atoms with Crippen LogP contribution < -0.4 is 14.8 Å². The summed E-state index contributed by atoms with van der Waals surface area (Å²) in [6, 6.07) is 8.82. The van der Waals surface area contributed by atoms with Crippen LogP contribution in [-0.4, -0.2) is 19.6 Å². The van der Waals surface area contributed by atoms with Gasteiger partial charge in [-0.1, -0.05) is 29.3 Å². The molecule has 0 radical (unpaired) electrons. The standard InChI is InChI=1S/C18H15Cl2NO3/c1-3-24-16-8-10(7-14(20)17(16)23-2)6-13-12-5-4-11(19)9-15(12)21-18(13)22/h4-9H,3H2,1-2H3,(H,21,22). The van der Waals surface area contributed by atoms with Crippen LogP contribution in [0.2, 0.25) is 10.0 Å². The Balaban J connectivity index is 2.08. The number of benzene rings is 2. The summed E-state index contributed by atoms with van der Waals surface area (Å²) in [6.45, 7) is 2.36. The molecule has 4 nitrogen and oxygen atoms in total. The molecule has 0 unspecified atom stereocenters. The zero-order chi connectivity index (χ0) is 17.3. The summed E-state index contributed by atoms with van der Waals surface area (Å²) >= 11 is 12.2. The molecule has 6 heteroatoms. The average Bonchev–Trinajstić information content (AvgIpc) is 2.82. The van der Waals surface area contributed by atoms with Gasteiger partial charge >= 0.3 is 0 Å². The molecule has 1 N–H and O–H groups in total. The second-order valence-electron chi connectivity index (χ2n) is 5.17. The van der Waals surface area contributed by atoms with Crippen LogP contribution in [0.4, 0.5) is 5.69 Å².